The van der Waals surface area contributed by atoms with Gasteiger partial charge in [-0.25, -0.2) is 4.98 Å². The first-order valence-corrected chi connectivity index (χ1v) is 8.20. The molecule has 2 N–H and O–H groups in total. The van der Waals surface area contributed by atoms with Crippen molar-refractivity contribution in [2.45, 2.75) is 32.3 Å². The van der Waals surface area contributed by atoms with Gasteiger partial charge in [-0.05, 0) is 31.9 Å². The normalized spacial score (nSPS) is 20.5. The number of aryl methyl sites for hydroxylation is 1. The van der Waals surface area contributed by atoms with Crippen molar-refractivity contribution in [3.63, 3.8) is 0 Å². The molecule has 0 saturated heterocycles. The summed E-state index contributed by atoms with van der Waals surface area (Å²) in [4.78, 5) is 11.1. The molecule has 0 unspecified atom stereocenters. The van der Waals surface area contributed by atoms with Crippen LogP contribution >= 0.6 is 0 Å². The maximum Gasteiger partial charge on any atom is 0.231 e. The minimum absolute atomic E-state index is 0.183. The molecule has 1 saturated carbocycles. The van der Waals surface area contributed by atoms with Gasteiger partial charge in [-0.15, -0.1) is 0 Å². The zero-order valence-electron chi connectivity index (χ0n) is 13.7. The van der Waals surface area contributed by atoms with E-state index in [-0.39, 0.29) is 6.10 Å². The zero-order chi connectivity index (χ0) is 16.2. The number of nitrogens with one attached hydrogen (secondary N) is 1. The third-order valence-corrected chi connectivity index (χ3v) is 4.45. The second-order valence-electron chi connectivity index (χ2n) is 6.23. The van der Waals surface area contributed by atoms with Crippen LogP contribution in [-0.4, -0.2) is 34.8 Å². The van der Waals surface area contributed by atoms with Crippen LogP contribution in [-0.2, 0) is 0 Å². The summed E-state index contributed by atoms with van der Waals surface area (Å²) in [6.45, 7) is 2.73. The third-order valence-electron chi connectivity index (χ3n) is 4.45. The number of anilines is 3. The van der Waals surface area contributed by atoms with E-state index in [0.29, 0.717) is 11.9 Å². The van der Waals surface area contributed by atoms with Crippen LogP contribution in [0.3, 0.4) is 0 Å². The van der Waals surface area contributed by atoms with Crippen molar-refractivity contribution < 1.29 is 5.11 Å². The first-order valence-electron chi connectivity index (χ1n) is 8.20. The van der Waals surface area contributed by atoms with Crippen molar-refractivity contribution >= 4 is 17.5 Å². The van der Waals surface area contributed by atoms with Gasteiger partial charge in [0.2, 0.25) is 5.95 Å². The van der Waals surface area contributed by atoms with Crippen LogP contribution in [0.4, 0.5) is 17.5 Å². The molecule has 5 nitrogen and oxygen atoms in total. The van der Waals surface area contributed by atoms with E-state index >= 15 is 0 Å². The van der Waals surface area contributed by atoms with Gasteiger partial charge in [-0.2, -0.15) is 4.98 Å². The molecule has 23 heavy (non-hydrogen) atoms. The molecule has 1 aliphatic carbocycles. The highest BCUT2D eigenvalue weighted by molar-refractivity contribution is 5.57. The fourth-order valence-corrected chi connectivity index (χ4v) is 3.05. The molecular weight excluding hydrogens is 288 g/mol. The quantitative estimate of drug-likeness (QED) is 0.888. The third kappa shape index (κ3) is 3.79. The van der Waals surface area contributed by atoms with Crippen molar-refractivity contribution in [3.8, 4) is 0 Å². The summed E-state index contributed by atoms with van der Waals surface area (Å²) < 4.78 is 0. The number of para-hydroxylation sites is 1. The molecule has 0 radical (unpaired) electrons. The lowest BCUT2D eigenvalue weighted by Gasteiger charge is -2.20. The van der Waals surface area contributed by atoms with E-state index in [0.717, 1.165) is 43.0 Å². The van der Waals surface area contributed by atoms with Crippen molar-refractivity contribution in [1.29, 1.82) is 0 Å². The van der Waals surface area contributed by atoms with Crippen LogP contribution < -0.4 is 10.2 Å². The maximum atomic E-state index is 9.93. The van der Waals surface area contributed by atoms with Crippen LogP contribution in [0.1, 0.15) is 25.0 Å². The number of hydrogen-bond acceptors (Lipinski definition) is 5. The second kappa shape index (κ2) is 6.96. The molecule has 3 rings (SSSR count). The van der Waals surface area contributed by atoms with Gasteiger partial charge in [0.15, 0.2) is 0 Å². The van der Waals surface area contributed by atoms with Crippen LogP contribution in [0.5, 0.6) is 0 Å². The van der Waals surface area contributed by atoms with E-state index in [1.165, 1.54) is 0 Å². The largest absolute Gasteiger partial charge is 0.393 e. The minimum Gasteiger partial charge on any atom is -0.393 e. The highest BCUT2D eigenvalue weighted by atomic mass is 16.3. The summed E-state index contributed by atoms with van der Waals surface area (Å²) >= 11 is 0. The Morgan fingerprint density at radius 2 is 2.00 bits per heavy atom. The number of benzene rings is 1. The monoisotopic (exact) mass is 312 g/mol. The lowest BCUT2D eigenvalue weighted by Crippen LogP contribution is -2.23. The molecular formula is C18H24N4O. The Labute approximate surface area is 137 Å². The predicted molar refractivity (Wildman–Crippen MR) is 93.1 cm³/mol. The number of aliphatic hydroxyl groups is 1. The summed E-state index contributed by atoms with van der Waals surface area (Å²) in [5.41, 5.74) is 1.97. The Morgan fingerprint density at radius 1 is 1.22 bits per heavy atom. The van der Waals surface area contributed by atoms with E-state index in [2.05, 4.69) is 15.3 Å². The average molecular weight is 312 g/mol. The lowest BCUT2D eigenvalue weighted by molar-refractivity contribution is 0.138. The van der Waals surface area contributed by atoms with Crippen molar-refractivity contribution in [2.75, 3.05) is 23.8 Å². The number of nitrogens with zero attached hydrogens (tertiary/aromatic N) is 3. The van der Waals surface area contributed by atoms with Gasteiger partial charge in [0.05, 0.1) is 6.10 Å². The van der Waals surface area contributed by atoms with E-state index < -0.39 is 0 Å². The number of aromatic nitrogens is 2. The highest BCUT2D eigenvalue weighted by Gasteiger charge is 2.24. The molecule has 1 aromatic heterocycles. The van der Waals surface area contributed by atoms with Gasteiger partial charge in [0.25, 0.3) is 0 Å². The van der Waals surface area contributed by atoms with Crippen LogP contribution in [0, 0.1) is 12.8 Å². The molecule has 0 amide bonds. The lowest BCUT2D eigenvalue weighted by atomic mass is 10.1. The van der Waals surface area contributed by atoms with Gasteiger partial charge >= 0.3 is 0 Å². The molecule has 1 heterocycles. The Balaban J connectivity index is 1.73. The minimum atomic E-state index is -0.183. The summed E-state index contributed by atoms with van der Waals surface area (Å²) in [5.74, 6) is 1.81. The molecule has 2 atom stereocenters. The molecule has 1 aromatic carbocycles. The van der Waals surface area contributed by atoms with Crippen LogP contribution in [0.25, 0.3) is 0 Å². The number of aliphatic hydroxyl groups excluding tert-OH is 1. The highest BCUT2D eigenvalue weighted by Crippen LogP contribution is 2.26. The molecule has 0 aliphatic heterocycles. The van der Waals surface area contributed by atoms with Crippen LogP contribution in [0.15, 0.2) is 36.4 Å². The molecule has 122 valence electrons. The van der Waals surface area contributed by atoms with E-state index in [1.807, 2.05) is 55.3 Å². The zero-order valence-corrected chi connectivity index (χ0v) is 13.7. The maximum absolute atomic E-state index is 9.93. The first kappa shape index (κ1) is 15.7. The summed E-state index contributed by atoms with van der Waals surface area (Å²) in [5, 5.41) is 13.3. The Morgan fingerprint density at radius 3 is 2.70 bits per heavy atom. The molecule has 2 aromatic rings. The summed E-state index contributed by atoms with van der Waals surface area (Å²) in [6, 6.07) is 12.0. The van der Waals surface area contributed by atoms with Crippen molar-refractivity contribution in [2.24, 2.45) is 5.92 Å². The Kier molecular flexibility index (Phi) is 4.76. The number of hydrogen-bond donors (Lipinski definition) is 2. The van der Waals surface area contributed by atoms with Gasteiger partial charge in [0, 0.05) is 37.0 Å². The van der Waals surface area contributed by atoms with Crippen LogP contribution in [0.2, 0.25) is 0 Å². The SMILES string of the molecule is Cc1cc(NC[C@H]2CCC[C@@H]2O)nc(N(C)c2ccccc2)n1. The van der Waals surface area contributed by atoms with Gasteiger partial charge < -0.3 is 15.3 Å². The summed E-state index contributed by atoms with van der Waals surface area (Å²) in [6.07, 6.45) is 2.92. The Bertz CT molecular complexity index is 647. The molecule has 1 aliphatic rings. The fourth-order valence-electron chi connectivity index (χ4n) is 3.05. The van der Waals surface area contributed by atoms with E-state index in [1.54, 1.807) is 0 Å². The molecule has 5 heteroatoms. The fraction of sp³-hybridized carbons (Fsp3) is 0.444. The second-order valence-corrected chi connectivity index (χ2v) is 6.23. The van der Waals surface area contributed by atoms with E-state index in [4.69, 9.17) is 0 Å². The number of rotatable bonds is 5. The predicted octanol–water partition coefficient (Wildman–Crippen LogP) is 3.13. The van der Waals surface area contributed by atoms with Crippen molar-refractivity contribution in [3.05, 3.63) is 42.1 Å². The molecule has 0 bridgehead atoms. The van der Waals surface area contributed by atoms with Crippen molar-refractivity contribution in [1.82, 2.24) is 9.97 Å². The first-order chi connectivity index (χ1) is 11.1. The topological polar surface area (TPSA) is 61.3 Å². The standard InChI is InChI=1S/C18H24N4O/c1-13-11-17(19-12-14-7-6-10-16(14)23)21-18(20-13)22(2)15-8-4-3-5-9-15/h3-5,8-9,11,14,16,23H,6-7,10,12H2,1-2H3,(H,19,20,21)/t14-,16+/m1/s1. The van der Waals surface area contributed by atoms with Gasteiger partial charge in [-0.1, -0.05) is 24.6 Å². The molecule has 0 spiro atoms. The average Bonchev–Trinajstić information content (AvgIpc) is 2.98. The summed E-state index contributed by atoms with van der Waals surface area (Å²) in [7, 11) is 1.97. The van der Waals surface area contributed by atoms with Gasteiger partial charge in [-0.3, -0.25) is 0 Å². The van der Waals surface area contributed by atoms with Gasteiger partial charge in [0.1, 0.15) is 5.82 Å². The Hall–Kier alpha value is -2.14. The smallest absolute Gasteiger partial charge is 0.231 e. The molecule has 1 fully saturated rings. The van der Waals surface area contributed by atoms with E-state index in [9.17, 15) is 5.11 Å².